The van der Waals surface area contributed by atoms with E-state index >= 15 is 0 Å². The Labute approximate surface area is 120 Å². The van der Waals surface area contributed by atoms with Crippen LogP contribution in [0, 0.1) is 5.92 Å². The van der Waals surface area contributed by atoms with E-state index in [1.165, 1.54) is 21.7 Å². The highest BCUT2D eigenvalue weighted by Crippen LogP contribution is 2.25. The lowest BCUT2D eigenvalue weighted by molar-refractivity contribution is 0.415. The average molecular weight is 318 g/mol. The number of methoxy groups -OCH3 is 1. The molecule has 0 fully saturated rings. The number of fused-ring (bicyclic) bond motifs is 1. The first kappa shape index (κ1) is 12.5. The second-order valence-electron chi connectivity index (χ2n) is 4.95. The van der Waals surface area contributed by atoms with Gasteiger partial charge in [-0.05, 0) is 46.0 Å². The molecule has 0 aliphatic heterocycles. The maximum absolute atomic E-state index is 5.21. The smallest absolute Gasteiger partial charge is 0.118 e. The van der Waals surface area contributed by atoms with E-state index < -0.39 is 0 Å². The van der Waals surface area contributed by atoms with E-state index in [1.54, 1.807) is 7.11 Å². The molecule has 1 aromatic carbocycles. The molecule has 0 bridgehead atoms. The fraction of sp³-hybridized carbons (Fsp3) is 0.250. The number of aromatic nitrogens is 1. The van der Waals surface area contributed by atoms with Gasteiger partial charge in [-0.25, -0.2) is 0 Å². The van der Waals surface area contributed by atoms with Gasteiger partial charge >= 0.3 is 0 Å². The SMILES string of the molecule is COc1ccc(-c2c(Br)[nH]c3c2=CCC(C)C=3)cc1. The van der Waals surface area contributed by atoms with E-state index in [4.69, 9.17) is 4.74 Å². The normalized spacial score (nSPS) is 17.3. The van der Waals surface area contributed by atoms with Crippen LogP contribution in [-0.2, 0) is 0 Å². The van der Waals surface area contributed by atoms with Gasteiger partial charge in [0.05, 0.1) is 11.7 Å². The third kappa shape index (κ3) is 2.23. The molecule has 98 valence electrons. The van der Waals surface area contributed by atoms with Gasteiger partial charge in [0.1, 0.15) is 5.75 Å². The molecule has 0 saturated heterocycles. The van der Waals surface area contributed by atoms with Crippen molar-refractivity contribution in [2.75, 3.05) is 7.11 Å². The molecule has 1 aliphatic rings. The standard InChI is InChI=1S/C16H16BrNO/c1-10-3-8-13-14(9-10)18-16(17)15(13)11-4-6-12(19-2)7-5-11/h4-10,18H,3H2,1-2H3. The van der Waals surface area contributed by atoms with Gasteiger partial charge in [0.25, 0.3) is 0 Å². The highest BCUT2D eigenvalue weighted by molar-refractivity contribution is 9.10. The molecule has 19 heavy (non-hydrogen) atoms. The molecule has 0 radical (unpaired) electrons. The molecule has 1 unspecified atom stereocenters. The third-order valence-electron chi connectivity index (χ3n) is 3.55. The fourth-order valence-corrected chi connectivity index (χ4v) is 3.20. The van der Waals surface area contributed by atoms with E-state index in [0.717, 1.165) is 16.8 Å². The van der Waals surface area contributed by atoms with Crippen molar-refractivity contribution in [2.45, 2.75) is 13.3 Å². The number of H-pyrrole nitrogens is 1. The molecule has 1 atom stereocenters. The van der Waals surface area contributed by atoms with Gasteiger partial charge in [-0.15, -0.1) is 0 Å². The van der Waals surface area contributed by atoms with Crippen molar-refractivity contribution >= 4 is 28.1 Å². The van der Waals surface area contributed by atoms with Gasteiger partial charge in [-0.1, -0.05) is 31.2 Å². The van der Waals surface area contributed by atoms with E-state index in [2.05, 4.69) is 52.1 Å². The molecule has 1 aliphatic carbocycles. The molecule has 1 aromatic heterocycles. The van der Waals surface area contributed by atoms with Gasteiger partial charge in [0, 0.05) is 16.1 Å². The van der Waals surface area contributed by atoms with Crippen LogP contribution in [-0.4, -0.2) is 12.1 Å². The number of halogens is 1. The number of hydrogen-bond acceptors (Lipinski definition) is 1. The zero-order valence-electron chi connectivity index (χ0n) is 11.0. The first-order valence-corrected chi connectivity index (χ1v) is 7.22. The molecule has 0 spiro atoms. The number of ether oxygens (including phenoxy) is 1. The van der Waals surface area contributed by atoms with Gasteiger partial charge in [0.2, 0.25) is 0 Å². The van der Waals surface area contributed by atoms with E-state index in [9.17, 15) is 0 Å². The zero-order valence-corrected chi connectivity index (χ0v) is 12.6. The van der Waals surface area contributed by atoms with Crippen LogP contribution in [0.4, 0.5) is 0 Å². The molecule has 2 nitrogen and oxygen atoms in total. The molecule has 1 heterocycles. The van der Waals surface area contributed by atoms with Crippen molar-refractivity contribution in [1.29, 1.82) is 0 Å². The average Bonchev–Trinajstić information content (AvgIpc) is 2.74. The Morgan fingerprint density at radius 2 is 2.00 bits per heavy atom. The van der Waals surface area contributed by atoms with Crippen molar-refractivity contribution in [3.63, 3.8) is 0 Å². The molecular weight excluding hydrogens is 302 g/mol. The summed E-state index contributed by atoms with van der Waals surface area (Å²) in [6.07, 6.45) is 5.72. The Balaban J connectivity index is 2.18. The molecular formula is C16H16BrNO. The highest BCUT2D eigenvalue weighted by atomic mass is 79.9. The number of hydrogen-bond donors (Lipinski definition) is 1. The second-order valence-corrected chi connectivity index (χ2v) is 5.75. The quantitative estimate of drug-likeness (QED) is 0.904. The van der Waals surface area contributed by atoms with E-state index in [-0.39, 0.29) is 0 Å². The van der Waals surface area contributed by atoms with Crippen molar-refractivity contribution in [3.05, 3.63) is 39.4 Å². The highest BCUT2D eigenvalue weighted by Gasteiger charge is 2.12. The summed E-state index contributed by atoms with van der Waals surface area (Å²) in [5, 5.41) is 2.52. The van der Waals surface area contributed by atoms with Gasteiger partial charge in [0.15, 0.2) is 0 Å². The zero-order chi connectivity index (χ0) is 13.4. The second kappa shape index (κ2) is 4.89. The summed E-state index contributed by atoms with van der Waals surface area (Å²) in [6.45, 7) is 2.24. The molecule has 1 N–H and O–H groups in total. The van der Waals surface area contributed by atoms with Crippen molar-refractivity contribution in [3.8, 4) is 16.9 Å². The summed E-state index contributed by atoms with van der Waals surface area (Å²) in [6, 6.07) is 8.19. The Morgan fingerprint density at radius 3 is 2.68 bits per heavy atom. The van der Waals surface area contributed by atoms with Crippen LogP contribution in [0.1, 0.15) is 13.3 Å². The Hall–Kier alpha value is -1.48. The predicted octanol–water partition coefficient (Wildman–Crippen LogP) is 3.05. The Kier molecular flexibility index (Phi) is 3.23. The minimum atomic E-state index is 0.599. The van der Waals surface area contributed by atoms with Crippen LogP contribution in [0.2, 0.25) is 0 Å². The minimum Gasteiger partial charge on any atom is -0.497 e. The first-order valence-electron chi connectivity index (χ1n) is 6.43. The molecule has 2 aromatic rings. The number of nitrogens with one attached hydrogen (secondary N) is 1. The van der Waals surface area contributed by atoms with Gasteiger partial charge in [-0.2, -0.15) is 0 Å². The molecule has 0 saturated carbocycles. The lowest BCUT2D eigenvalue weighted by Crippen LogP contribution is -2.27. The van der Waals surface area contributed by atoms with Crippen LogP contribution in [0.5, 0.6) is 5.75 Å². The predicted molar refractivity (Wildman–Crippen MR) is 82.4 cm³/mol. The van der Waals surface area contributed by atoms with Crippen molar-refractivity contribution in [2.24, 2.45) is 5.92 Å². The van der Waals surface area contributed by atoms with Crippen LogP contribution in [0.25, 0.3) is 23.3 Å². The molecule has 3 rings (SSSR count). The van der Waals surface area contributed by atoms with Gasteiger partial charge in [-0.3, -0.25) is 0 Å². The lowest BCUT2D eigenvalue weighted by atomic mass is 9.99. The molecule has 3 heteroatoms. The Morgan fingerprint density at radius 1 is 1.26 bits per heavy atom. The van der Waals surface area contributed by atoms with Crippen molar-refractivity contribution in [1.82, 2.24) is 4.98 Å². The minimum absolute atomic E-state index is 0.599. The lowest BCUT2D eigenvalue weighted by Gasteiger charge is -2.06. The summed E-state index contributed by atoms with van der Waals surface area (Å²) >= 11 is 3.64. The summed E-state index contributed by atoms with van der Waals surface area (Å²) in [4.78, 5) is 3.42. The maximum atomic E-state index is 5.21. The first-order chi connectivity index (χ1) is 9.19. The maximum Gasteiger partial charge on any atom is 0.118 e. The fourth-order valence-electron chi connectivity index (χ4n) is 2.54. The van der Waals surface area contributed by atoms with Crippen molar-refractivity contribution < 1.29 is 4.74 Å². The topological polar surface area (TPSA) is 25.0 Å². The largest absolute Gasteiger partial charge is 0.497 e. The summed E-state index contributed by atoms with van der Waals surface area (Å²) in [5.74, 6) is 1.48. The number of aromatic amines is 1. The van der Waals surface area contributed by atoms with E-state index in [0.29, 0.717) is 5.92 Å². The summed E-state index contributed by atoms with van der Waals surface area (Å²) < 4.78 is 6.26. The van der Waals surface area contributed by atoms with Gasteiger partial charge < -0.3 is 9.72 Å². The van der Waals surface area contributed by atoms with Crippen LogP contribution in [0.15, 0.2) is 28.9 Å². The van der Waals surface area contributed by atoms with Crippen LogP contribution >= 0.6 is 15.9 Å². The monoisotopic (exact) mass is 317 g/mol. The number of rotatable bonds is 2. The summed E-state index contributed by atoms with van der Waals surface area (Å²) in [5.41, 5.74) is 2.44. The number of benzene rings is 1. The molecule has 0 amide bonds. The van der Waals surface area contributed by atoms with E-state index in [1.807, 2.05) is 12.1 Å². The Bertz CT molecular complexity index is 712. The third-order valence-corrected chi connectivity index (χ3v) is 4.14. The van der Waals surface area contributed by atoms with Crippen LogP contribution in [0.3, 0.4) is 0 Å². The van der Waals surface area contributed by atoms with Crippen LogP contribution < -0.4 is 15.3 Å². The summed E-state index contributed by atoms with van der Waals surface area (Å²) in [7, 11) is 1.69.